The average Bonchev–Trinajstić information content (AvgIpc) is 2.26. The molecule has 19 heavy (non-hydrogen) atoms. The molecule has 2 atom stereocenters. The number of hydrogen-bond donors (Lipinski definition) is 1. The molecule has 1 aliphatic heterocycles. The molecule has 1 N–H and O–H groups in total. The van der Waals surface area contributed by atoms with Gasteiger partial charge < -0.3 is 19.6 Å². The summed E-state index contributed by atoms with van der Waals surface area (Å²) in [6, 6.07) is -0.278. The van der Waals surface area contributed by atoms with E-state index in [4.69, 9.17) is 9.84 Å². The van der Waals surface area contributed by atoms with Crippen molar-refractivity contribution >= 4 is 12.0 Å². The Kier molecular flexibility index (Phi) is 4.79. The van der Waals surface area contributed by atoms with Gasteiger partial charge >= 0.3 is 12.0 Å². The Bertz CT molecular complexity index is 351. The lowest BCUT2D eigenvalue weighted by atomic mass is 10.1. The zero-order valence-electron chi connectivity index (χ0n) is 12.3. The Balaban J connectivity index is 2.89. The topological polar surface area (TPSA) is 70.1 Å². The number of carboxylic acids is 1. The van der Waals surface area contributed by atoms with Gasteiger partial charge in [0, 0.05) is 12.1 Å². The number of urea groups is 1. The molecule has 110 valence electrons. The lowest BCUT2D eigenvalue weighted by Crippen LogP contribution is -2.59. The maximum absolute atomic E-state index is 12.6. The molecular formula is C13H24N2O4. The molecule has 0 bridgehead atoms. The smallest absolute Gasteiger partial charge is 0.323 e. The molecule has 1 fully saturated rings. The first kappa shape index (κ1) is 15.8. The van der Waals surface area contributed by atoms with Gasteiger partial charge in [0.1, 0.15) is 6.54 Å². The van der Waals surface area contributed by atoms with Crippen LogP contribution in [0.1, 0.15) is 34.6 Å². The summed E-state index contributed by atoms with van der Waals surface area (Å²) in [5.74, 6) is -1.00. The van der Waals surface area contributed by atoms with E-state index in [1.54, 1.807) is 4.90 Å². The Morgan fingerprint density at radius 3 is 2.42 bits per heavy atom. The summed E-state index contributed by atoms with van der Waals surface area (Å²) in [5.41, 5.74) is -0.531. The number of nitrogens with zero attached hydrogens (tertiary/aromatic N) is 2. The normalized spacial score (nSPS) is 24.2. The largest absolute Gasteiger partial charge is 0.480 e. The van der Waals surface area contributed by atoms with Crippen LogP contribution in [0.2, 0.25) is 0 Å². The fraction of sp³-hybridized carbons (Fsp3) is 0.846. The molecule has 0 spiro atoms. The highest BCUT2D eigenvalue weighted by Gasteiger charge is 2.36. The quantitative estimate of drug-likeness (QED) is 0.825. The molecule has 0 aromatic heterocycles. The molecule has 1 heterocycles. The number of ether oxygens (including phenoxy) is 1. The molecule has 1 rings (SSSR count). The van der Waals surface area contributed by atoms with Crippen LogP contribution in [0.3, 0.4) is 0 Å². The number of carboxylic acid groups (broad SMARTS) is 1. The van der Waals surface area contributed by atoms with E-state index in [1.807, 2.05) is 34.6 Å². The van der Waals surface area contributed by atoms with Crippen LogP contribution >= 0.6 is 0 Å². The van der Waals surface area contributed by atoms with Gasteiger partial charge in [-0.1, -0.05) is 0 Å². The minimum Gasteiger partial charge on any atom is -0.480 e. The van der Waals surface area contributed by atoms with Crippen molar-refractivity contribution in [2.75, 3.05) is 19.7 Å². The fourth-order valence-electron chi connectivity index (χ4n) is 2.05. The molecule has 1 aliphatic rings. The van der Waals surface area contributed by atoms with Crippen LogP contribution in [0.15, 0.2) is 0 Å². The molecule has 2 unspecified atom stereocenters. The lowest BCUT2D eigenvalue weighted by molar-refractivity contribution is -0.139. The van der Waals surface area contributed by atoms with Crippen molar-refractivity contribution in [3.63, 3.8) is 0 Å². The second-order valence-electron chi connectivity index (χ2n) is 6.08. The predicted molar refractivity (Wildman–Crippen MR) is 71.1 cm³/mol. The molecule has 6 nitrogen and oxygen atoms in total. The average molecular weight is 272 g/mol. The van der Waals surface area contributed by atoms with E-state index in [0.29, 0.717) is 13.2 Å². The van der Waals surface area contributed by atoms with Crippen LogP contribution in [0.4, 0.5) is 4.79 Å². The molecular weight excluding hydrogens is 248 g/mol. The number of aliphatic carboxylic acids is 1. The second-order valence-corrected chi connectivity index (χ2v) is 6.08. The number of amides is 2. The van der Waals surface area contributed by atoms with Crippen molar-refractivity contribution in [3.05, 3.63) is 0 Å². The number of carbonyl (C=O) groups is 2. The first-order chi connectivity index (χ1) is 8.62. The van der Waals surface area contributed by atoms with Crippen molar-refractivity contribution in [1.82, 2.24) is 9.80 Å². The summed E-state index contributed by atoms with van der Waals surface area (Å²) in [4.78, 5) is 26.6. The van der Waals surface area contributed by atoms with Gasteiger partial charge in [-0.2, -0.15) is 0 Å². The van der Waals surface area contributed by atoms with Gasteiger partial charge in [0.15, 0.2) is 0 Å². The summed E-state index contributed by atoms with van der Waals surface area (Å²) >= 11 is 0. The molecule has 0 saturated carbocycles. The SMILES string of the molecule is CC1CN(C(=O)N(CC(=O)O)C(C)(C)C)C(C)CO1. The summed E-state index contributed by atoms with van der Waals surface area (Å²) in [7, 11) is 0. The first-order valence-corrected chi connectivity index (χ1v) is 6.54. The number of rotatable bonds is 2. The third kappa shape index (κ3) is 4.09. The Morgan fingerprint density at radius 2 is 1.95 bits per heavy atom. The van der Waals surface area contributed by atoms with Crippen LogP contribution < -0.4 is 0 Å². The van der Waals surface area contributed by atoms with E-state index in [0.717, 1.165) is 0 Å². The van der Waals surface area contributed by atoms with Gasteiger partial charge in [-0.3, -0.25) is 4.79 Å². The van der Waals surface area contributed by atoms with Crippen LogP contribution in [-0.2, 0) is 9.53 Å². The van der Waals surface area contributed by atoms with Crippen LogP contribution in [-0.4, -0.2) is 64.3 Å². The highest BCUT2D eigenvalue weighted by Crippen LogP contribution is 2.20. The lowest BCUT2D eigenvalue weighted by Gasteiger charge is -2.43. The number of hydrogen-bond acceptors (Lipinski definition) is 3. The van der Waals surface area contributed by atoms with E-state index >= 15 is 0 Å². The van der Waals surface area contributed by atoms with E-state index in [9.17, 15) is 9.59 Å². The highest BCUT2D eigenvalue weighted by atomic mass is 16.5. The van der Waals surface area contributed by atoms with Crippen LogP contribution in [0.25, 0.3) is 0 Å². The molecule has 6 heteroatoms. The van der Waals surface area contributed by atoms with E-state index in [-0.39, 0.29) is 24.7 Å². The van der Waals surface area contributed by atoms with Crippen molar-refractivity contribution in [3.8, 4) is 0 Å². The molecule has 0 aromatic carbocycles. The summed E-state index contributed by atoms with van der Waals surface area (Å²) in [6.45, 7) is 10.0. The van der Waals surface area contributed by atoms with Crippen LogP contribution in [0, 0.1) is 0 Å². The van der Waals surface area contributed by atoms with Crippen molar-refractivity contribution in [2.24, 2.45) is 0 Å². The van der Waals surface area contributed by atoms with E-state index in [2.05, 4.69) is 0 Å². The maximum atomic E-state index is 12.6. The van der Waals surface area contributed by atoms with Gasteiger partial charge in [0.2, 0.25) is 0 Å². The van der Waals surface area contributed by atoms with Gasteiger partial charge in [0.05, 0.1) is 18.8 Å². The number of carbonyl (C=O) groups excluding carboxylic acids is 1. The highest BCUT2D eigenvalue weighted by molar-refractivity contribution is 5.81. The predicted octanol–water partition coefficient (Wildman–Crippen LogP) is 1.40. The maximum Gasteiger partial charge on any atom is 0.323 e. The molecule has 1 saturated heterocycles. The third-order valence-electron chi connectivity index (χ3n) is 3.19. The molecule has 0 aromatic rings. The van der Waals surface area contributed by atoms with Gasteiger partial charge in [-0.05, 0) is 34.6 Å². The Morgan fingerprint density at radius 1 is 1.37 bits per heavy atom. The zero-order valence-corrected chi connectivity index (χ0v) is 12.3. The Labute approximate surface area is 114 Å². The molecule has 0 radical (unpaired) electrons. The third-order valence-corrected chi connectivity index (χ3v) is 3.19. The van der Waals surface area contributed by atoms with Gasteiger partial charge in [-0.15, -0.1) is 0 Å². The summed E-state index contributed by atoms with van der Waals surface area (Å²) < 4.78 is 5.49. The van der Waals surface area contributed by atoms with Crippen molar-refractivity contribution in [1.29, 1.82) is 0 Å². The Hall–Kier alpha value is -1.30. The van der Waals surface area contributed by atoms with Gasteiger partial charge in [0.25, 0.3) is 0 Å². The zero-order chi connectivity index (χ0) is 14.8. The monoisotopic (exact) mass is 272 g/mol. The summed E-state index contributed by atoms with van der Waals surface area (Å²) in [6.07, 6.45) is -0.0215. The molecule has 0 aliphatic carbocycles. The minimum atomic E-state index is -1.00. The van der Waals surface area contributed by atoms with Crippen molar-refractivity contribution in [2.45, 2.75) is 52.3 Å². The number of morpholine rings is 1. The first-order valence-electron chi connectivity index (χ1n) is 6.54. The van der Waals surface area contributed by atoms with Crippen molar-refractivity contribution < 1.29 is 19.4 Å². The fourth-order valence-corrected chi connectivity index (χ4v) is 2.05. The van der Waals surface area contributed by atoms with Gasteiger partial charge in [-0.25, -0.2) is 4.79 Å². The van der Waals surface area contributed by atoms with E-state index in [1.165, 1.54) is 4.90 Å². The minimum absolute atomic E-state index is 0.0215. The van der Waals surface area contributed by atoms with Crippen LogP contribution in [0.5, 0.6) is 0 Å². The standard InChI is InChI=1S/C13H24N2O4/c1-9-8-19-10(2)6-14(9)12(18)15(7-11(16)17)13(3,4)5/h9-10H,6-8H2,1-5H3,(H,16,17). The molecule has 2 amide bonds. The summed E-state index contributed by atoms with van der Waals surface area (Å²) in [5, 5.41) is 8.98. The second kappa shape index (κ2) is 5.77. The van der Waals surface area contributed by atoms with E-state index < -0.39 is 11.5 Å².